The molecule has 1 aromatic heterocycles. The van der Waals surface area contributed by atoms with Crippen molar-refractivity contribution in [1.29, 1.82) is 0 Å². The third-order valence-corrected chi connectivity index (χ3v) is 3.10. The van der Waals surface area contributed by atoms with Crippen LogP contribution in [-0.4, -0.2) is 10.2 Å². The molecule has 0 radical (unpaired) electrons. The molecule has 0 amide bonds. The van der Waals surface area contributed by atoms with Crippen molar-refractivity contribution in [2.45, 2.75) is 6.61 Å². The predicted octanol–water partition coefficient (Wildman–Crippen LogP) is 2.60. The molecule has 16 heavy (non-hydrogen) atoms. The number of hydrogen-bond donors (Lipinski definition) is 1. The van der Waals surface area contributed by atoms with Gasteiger partial charge in [0, 0.05) is 6.07 Å². The van der Waals surface area contributed by atoms with Crippen LogP contribution >= 0.6 is 27.3 Å². The van der Waals surface area contributed by atoms with Crippen molar-refractivity contribution >= 4 is 32.4 Å². The summed E-state index contributed by atoms with van der Waals surface area (Å²) in [5.41, 5.74) is 5.41. The van der Waals surface area contributed by atoms with E-state index in [9.17, 15) is 4.39 Å². The normalized spacial score (nSPS) is 10.4. The lowest BCUT2D eigenvalue weighted by Gasteiger charge is -2.03. The first kappa shape index (κ1) is 11.3. The summed E-state index contributed by atoms with van der Waals surface area (Å²) in [5, 5.41) is 8.47. The highest BCUT2D eigenvalue weighted by atomic mass is 79.9. The minimum atomic E-state index is -0.366. The monoisotopic (exact) mass is 303 g/mol. The van der Waals surface area contributed by atoms with Gasteiger partial charge in [-0.2, -0.15) is 0 Å². The third kappa shape index (κ3) is 2.67. The second kappa shape index (κ2) is 4.75. The molecule has 0 aliphatic rings. The summed E-state index contributed by atoms with van der Waals surface area (Å²) in [6.07, 6.45) is 0. The van der Waals surface area contributed by atoms with Gasteiger partial charge in [-0.3, -0.25) is 0 Å². The molecule has 84 valence electrons. The molecule has 2 rings (SSSR count). The van der Waals surface area contributed by atoms with Crippen molar-refractivity contribution in [2.75, 3.05) is 5.73 Å². The Morgan fingerprint density at radius 1 is 1.44 bits per heavy atom. The lowest BCUT2D eigenvalue weighted by atomic mass is 10.3. The molecule has 7 heteroatoms. The summed E-state index contributed by atoms with van der Waals surface area (Å²) in [7, 11) is 0. The van der Waals surface area contributed by atoms with Gasteiger partial charge in [0.15, 0.2) is 5.01 Å². The highest BCUT2D eigenvalue weighted by Crippen LogP contribution is 2.22. The Labute approximate surface area is 103 Å². The lowest BCUT2D eigenvalue weighted by Crippen LogP contribution is -1.95. The van der Waals surface area contributed by atoms with Crippen LogP contribution in [-0.2, 0) is 6.61 Å². The van der Waals surface area contributed by atoms with Crippen LogP contribution in [0.4, 0.5) is 9.52 Å². The van der Waals surface area contributed by atoms with Gasteiger partial charge in [0.1, 0.15) is 18.2 Å². The zero-order valence-electron chi connectivity index (χ0n) is 7.98. The number of nitrogens with two attached hydrogens (primary N) is 1. The summed E-state index contributed by atoms with van der Waals surface area (Å²) in [5.74, 6) is 0.0729. The Bertz CT molecular complexity index is 505. The lowest BCUT2D eigenvalue weighted by molar-refractivity contribution is 0.303. The molecular weight excluding hydrogens is 297 g/mol. The van der Waals surface area contributed by atoms with E-state index in [0.717, 1.165) is 0 Å². The number of hydrogen-bond acceptors (Lipinski definition) is 5. The van der Waals surface area contributed by atoms with Crippen LogP contribution in [0.5, 0.6) is 5.75 Å². The molecule has 0 atom stereocenters. The smallest absolute Gasteiger partial charge is 0.203 e. The molecule has 1 heterocycles. The van der Waals surface area contributed by atoms with E-state index in [1.165, 1.54) is 17.4 Å². The van der Waals surface area contributed by atoms with Crippen molar-refractivity contribution in [3.8, 4) is 5.75 Å². The van der Waals surface area contributed by atoms with E-state index in [-0.39, 0.29) is 12.4 Å². The Morgan fingerprint density at radius 3 is 2.88 bits per heavy atom. The van der Waals surface area contributed by atoms with E-state index in [1.54, 1.807) is 12.1 Å². The van der Waals surface area contributed by atoms with Crippen LogP contribution < -0.4 is 10.5 Å². The third-order valence-electron chi connectivity index (χ3n) is 1.74. The maximum absolute atomic E-state index is 13.1. The summed E-state index contributed by atoms with van der Waals surface area (Å²) < 4.78 is 18.9. The van der Waals surface area contributed by atoms with E-state index in [1.807, 2.05) is 0 Å². The second-order valence-corrected chi connectivity index (χ2v) is 4.85. The number of ether oxygens (including phenoxy) is 1. The second-order valence-electron chi connectivity index (χ2n) is 2.90. The molecule has 0 fully saturated rings. The van der Waals surface area contributed by atoms with E-state index in [4.69, 9.17) is 10.5 Å². The number of aromatic nitrogens is 2. The van der Waals surface area contributed by atoms with Gasteiger partial charge in [-0.25, -0.2) is 4.39 Å². The van der Waals surface area contributed by atoms with E-state index >= 15 is 0 Å². The van der Waals surface area contributed by atoms with E-state index in [0.29, 0.717) is 20.4 Å². The van der Waals surface area contributed by atoms with Crippen molar-refractivity contribution in [2.24, 2.45) is 0 Å². The quantitative estimate of drug-likeness (QED) is 0.947. The number of benzene rings is 1. The van der Waals surface area contributed by atoms with Crippen LogP contribution in [0.1, 0.15) is 5.01 Å². The zero-order chi connectivity index (χ0) is 11.5. The number of anilines is 1. The number of nitrogens with zero attached hydrogens (tertiary/aromatic N) is 2. The largest absolute Gasteiger partial charge is 0.486 e. The zero-order valence-corrected chi connectivity index (χ0v) is 10.4. The first-order valence-electron chi connectivity index (χ1n) is 4.31. The molecule has 1 aromatic carbocycles. The van der Waals surface area contributed by atoms with Gasteiger partial charge < -0.3 is 10.5 Å². The molecule has 0 saturated heterocycles. The molecule has 0 saturated carbocycles. The highest BCUT2D eigenvalue weighted by molar-refractivity contribution is 9.10. The summed E-state index contributed by atoms with van der Waals surface area (Å²) in [6.45, 7) is 0.232. The summed E-state index contributed by atoms with van der Waals surface area (Å²) >= 11 is 4.30. The highest BCUT2D eigenvalue weighted by Gasteiger charge is 2.04. The minimum absolute atomic E-state index is 0.232. The topological polar surface area (TPSA) is 61.0 Å². The fourth-order valence-electron chi connectivity index (χ4n) is 1.04. The van der Waals surface area contributed by atoms with Crippen molar-refractivity contribution in [1.82, 2.24) is 10.2 Å². The summed E-state index contributed by atoms with van der Waals surface area (Å²) in [6, 6.07) is 4.55. The summed E-state index contributed by atoms with van der Waals surface area (Å²) in [4.78, 5) is 0. The fourth-order valence-corrected chi connectivity index (χ4v) is 1.81. The maximum Gasteiger partial charge on any atom is 0.203 e. The van der Waals surface area contributed by atoms with Crippen molar-refractivity contribution in [3.05, 3.63) is 33.5 Å². The average Bonchev–Trinajstić information content (AvgIpc) is 2.66. The van der Waals surface area contributed by atoms with Gasteiger partial charge in [-0.15, -0.1) is 10.2 Å². The molecule has 0 spiro atoms. The van der Waals surface area contributed by atoms with E-state index < -0.39 is 0 Å². The maximum atomic E-state index is 13.1. The molecule has 0 aliphatic heterocycles. The molecule has 0 bridgehead atoms. The van der Waals surface area contributed by atoms with Gasteiger partial charge >= 0.3 is 0 Å². The Morgan fingerprint density at radius 2 is 2.25 bits per heavy atom. The molecule has 4 nitrogen and oxygen atoms in total. The molecule has 0 aliphatic carbocycles. The molecule has 2 aromatic rings. The molecular formula is C9H7BrFN3OS. The first-order valence-corrected chi connectivity index (χ1v) is 5.92. The number of rotatable bonds is 3. The van der Waals surface area contributed by atoms with Gasteiger partial charge in [0.2, 0.25) is 5.13 Å². The van der Waals surface area contributed by atoms with E-state index in [2.05, 4.69) is 26.1 Å². The Balaban J connectivity index is 2.02. The first-order chi connectivity index (χ1) is 7.65. The van der Waals surface area contributed by atoms with Gasteiger partial charge in [0.25, 0.3) is 0 Å². The van der Waals surface area contributed by atoms with Crippen LogP contribution in [0.25, 0.3) is 0 Å². The van der Waals surface area contributed by atoms with Crippen LogP contribution in [0, 0.1) is 5.82 Å². The van der Waals surface area contributed by atoms with Crippen molar-refractivity contribution < 1.29 is 9.13 Å². The van der Waals surface area contributed by atoms with Gasteiger partial charge in [-0.05, 0) is 28.1 Å². The fraction of sp³-hybridized carbons (Fsp3) is 0.111. The predicted molar refractivity (Wildman–Crippen MR) is 62.8 cm³/mol. The Hall–Kier alpha value is -1.21. The van der Waals surface area contributed by atoms with Gasteiger partial charge in [-0.1, -0.05) is 11.3 Å². The standard InChI is InChI=1S/C9H7BrFN3OS/c10-6-2-1-5(3-7(6)11)15-4-8-13-14-9(12)16-8/h1-3H,4H2,(H2,12,14). The Kier molecular flexibility index (Phi) is 3.35. The SMILES string of the molecule is Nc1nnc(COc2ccc(Br)c(F)c2)s1. The van der Waals surface area contributed by atoms with Crippen LogP contribution in [0.3, 0.4) is 0 Å². The van der Waals surface area contributed by atoms with Crippen LogP contribution in [0.2, 0.25) is 0 Å². The molecule has 0 unspecified atom stereocenters. The van der Waals surface area contributed by atoms with Crippen LogP contribution in [0.15, 0.2) is 22.7 Å². The number of nitrogen functional groups attached to an aromatic ring is 1. The van der Waals surface area contributed by atoms with Crippen molar-refractivity contribution in [3.63, 3.8) is 0 Å². The number of halogens is 2. The average molecular weight is 304 g/mol. The minimum Gasteiger partial charge on any atom is -0.486 e. The van der Waals surface area contributed by atoms with Gasteiger partial charge in [0.05, 0.1) is 4.47 Å². The molecule has 2 N–H and O–H groups in total.